The summed E-state index contributed by atoms with van der Waals surface area (Å²) in [6.07, 6.45) is 1.09. The van der Waals surface area contributed by atoms with Gasteiger partial charge in [-0.1, -0.05) is 31.2 Å². The van der Waals surface area contributed by atoms with Crippen LogP contribution in [0.15, 0.2) is 60.7 Å². The highest BCUT2D eigenvalue weighted by Gasteiger charge is 2.11. The van der Waals surface area contributed by atoms with Gasteiger partial charge in [-0.3, -0.25) is 9.59 Å². The highest BCUT2D eigenvalue weighted by molar-refractivity contribution is 6.09. The number of carbonyl (C=O) groups is 2. The van der Waals surface area contributed by atoms with Gasteiger partial charge in [0.05, 0.1) is 0 Å². The van der Waals surface area contributed by atoms with Crippen molar-refractivity contribution in [3.05, 3.63) is 77.6 Å². The van der Waals surface area contributed by atoms with Crippen molar-refractivity contribution in [2.75, 3.05) is 5.32 Å². The van der Waals surface area contributed by atoms with Crippen molar-refractivity contribution in [2.45, 2.75) is 26.2 Å². The molecule has 0 saturated carbocycles. The van der Waals surface area contributed by atoms with Gasteiger partial charge in [0.1, 0.15) is 5.82 Å². The van der Waals surface area contributed by atoms with Crippen molar-refractivity contribution in [1.82, 2.24) is 4.98 Å². The monoisotopic (exact) mass is 388 g/mol. The van der Waals surface area contributed by atoms with E-state index in [0.29, 0.717) is 11.3 Å². The summed E-state index contributed by atoms with van der Waals surface area (Å²) in [5, 5.41) is 5.13. The number of aromatic nitrogens is 1. The number of fused-ring (bicyclic) bond motifs is 3. The van der Waals surface area contributed by atoms with Crippen LogP contribution in [0.1, 0.15) is 35.7 Å². The number of hydrogen-bond acceptors (Lipinski definition) is 2. The Labute approximate surface area is 167 Å². The molecular formula is C24H21FN2O2. The lowest BCUT2D eigenvalue weighted by molar-refractivity contribution is -0.116. The van der Waals surface area contributed by atoms with Gasteiger partial charge in [-0.05, 0) is 48.4 Å². The lowest BCUT2D eigenvalue weighted by Crippen LogP contribution is -2.13. The maximum Gasteiger partial charge on any atom is 0.224 e. The zero-order chi connectivity index (χ0) is 20.4. The Morgan fingerprint density at radius 3 is 2.52 bits per heavy atom. The summed E-state index contributed by atoms with van der Waals surface area (Å²) in [6, 6.07) is 17.4. The third-order valence-corrected chi connectivity index (χ3v) is 5.13. The number of amides is 1. The number of rotatable bonds is 6. The van der Waals surface area contributed by atoms with Crippen LogP contribution in [0, 0.1) is 5.82 Å². The summed E-state index contributed by atoms with van der Waals surface area (Å²) in [5.74, 6) is -0.804. The van der Waals surface area contributed by atoms with Gasteiger partial charge < -0.3 is 10.3 Å². The van der Waals surface area contributed by atoms with E-state index >= 15 is 0 Å². The van der Waals surface area contributed by atoms with Crippen LogP contribution in [0.25, 0.3) is 21.8 Å². The van der Waals surface area contributed by atoms with Gasteiger partial charge in [0, 0.05) is 45.9 Å². The van der Waals surface area contributed by atoms with E-state index in [-0.39, 0.29) is 24.5 Å². The number of carbonyl (C=O) groups excluding carboxylic acids is 2. The molecule has 1 amide bonds. The molecule has 29 heavy (non-hydrogen) atoms. The van der Waals surface area contributed by atoms with Crippen LogP contribution in [0.2, 0.25) is 0 Å². The molecule has 0 fully saturated rings. The Morgan fingerprint density at radius 2 is 1.76 bits per heavy atom. The molecule has 1 heterocycles. The SMILES string of the molecule is CCc1cccc2c1[nH]c1cc(NC(=O)CCC(=O)c3ccc(F)cc3)ccc12. The van der Waals surface area contributed by atoms with Gasteiger partial charge in [0.25, 0.3) is 0 Å². The van der Waals surface area contributed by atoms with Gasteiger partial charge in [-0.25, -0.2) is 4.39 Å². The molecule has 0 spiro atoms. The predicted octanol–water partition coefficient (Wildman–Crippen LogP) is 5.62. The third-order valence-electron chi connectivity index (χ3n) is 5.13. The molecule has 0 aliphatic rings. The van der Waals surface area contributed by atoms with Gasteiger partial charge in [0.15, 0.2) is 5.78 Å². The minimum absolute atomic E-state index is 0.0704. The van der Waals surface area contributed by atoms with E-state index in [0.717, 1.165) is 22.8 Å². The molecule has 0 aliphatic heterocycles. The lowest BCUT2D eigenvalue weighted by Gasteiger charge is -2.05. The van der Waals surface area contributed by atoms with E-state index in [1.54, 1.807) is 0 Å². The fraction of sp³-hybridized carbons (Fsp3) is 0.167. The van der Waals surface area contributed by atoms with E-state index in [1.807, 2.05) is 18.2 Å². The number of Topliss-reactive ketones (excluding diaryl/α,β-unsaturated/α-hetero) is 1. The zero-order valence-electron chi connectivity index (χ0n) is 16.1. The zero-order valence-corrected chi connectivity index (χ0v) is 16.1. The topological polar surface area (TPSA) is 62.0 Å². The highest BCUT2D eigenvalue weighted by Crippen LogP contribution is 2.29. The van der Waals surface area contributed by atoms with Crippen LogP contribution >= 0.6 is 0 Å². The van der Waals surface area contributed by atoms with Crippen molar-refractivity contribution >= 4 is 39.2 Å². The van der Waals surface area contributed by atoms with Gasteiger partial charge >= 0.3 is 0 Å². The van der Waals surface area contributed by atoms with E-state index in [4.69, 9.17) is 0 Å². The molecule has 3 aromatic carbocycles. The third kappa shape index (κ3) is 3.90. The molecule has 4 aromatic rings. The second-order valence-electron chi connectivity index (χ2n) is 7.06. The van der Waals surface area contributed by atoms with E-state index in [9.17, 15) is 14.0 Å². The maximum absolute atomic E-state index is 12.9. The maximum atomic E-state index is 12.9. The van der Waals surface area contributed by atoms with Crippen molar-refractivity contribution in [3.8, 4) is 0 Å². The predicted molar refractivity (Wildman–Crippen MR) is 114 cm³/mol. The smallest absolute Gasteiger partial charge is 0.224 e. The first kappa shape index (κ1) is 18.9. The van der Waals surface area contributed by atoms with E-state index in [2.05, 4.69) is 35.4 Å². The number of para-hydroxylation sites is 1. The van der Waals surface area contributed by atoms with Gasteiger partial charge in [-0.2, -0.15) is 0 Å². The number of benzene rings is 3. The number of nitrogens with one attached hydrogen (secondary N) is 2. The van der Waals surface area contributed by atoms with Gasteiger partial charge in [0.2, 0.25) is 5.91 Å². The van der Waals surface area contributed by atoms with E-state index in [1.165, 1.54) is 35.2 Å². The first-order valence-electron chi connectivity index (χ1n) is 9.67. The van der Waals surface area contributed by atoms with Crippen molar-refractivity contribution < 1.29 is 14.0 Å². The molecule has 0 atom stereocenters. The summed E-state index contributed by atoms with van der Waals surface area (Å²) in [4.78, 5) is 27.9. The Bertz CT molecular complexity index is 1210. The number of aryl methyl sites for hydroxylation is 1. The minimum Gasteiger partial charge on any atom is -0.354 e. The molecule has 1 aromatic heterocycles. The number of anilines is 1. The van der Waals surface area contributed by atoms with Crippen LogP contribution in [0.3, 0.4) is 0 Å². The lowest BCUT2D eigenvalue weighted by atomic mass is 10.1. The minimum atomic E-state index is -0.391. The Kier molecular flexibility index (Phi) is 5.12. The average Bonchev–Trinajstić information content (AvgIpc) is 3.10. The number of H-pyrrole nitrogens is 1. The number of aromatic amines is 1. The number of halogens is 1. The summed E-state index contributed by atoms with van der Waals surface area (Å²) in [6.45, 7) is 2.12. The summed E-state index contributed by atoms with van der Waals surface area (Å²) >= 11 is 0. The largest absolute Gasteiger partial charge is 0.354 e. The Hall–Kier alpha value is -3.47. The summed E-state index contributed by atoms with van der Waals surface area (Å²) in [5.41, 5.74) is 4.43. The molecule has 5 heteroatoms. The summed E-state index contributed by atoms with van der Waals surface area (Å²) in [7, 11) is 0. The highest BCUT2D eigenvalue weighted by atomic mass is 19.1. The molecule has 146 valence electrons. The van der Waals surface area contributed by atoms with Crippen LogP contribution in [0.4, 0.5) is 10.1 Å². The molecule has 0 unspecified atom stereocenters. The van der Waals surface area contributed by atoms with Crippen molar-refractivity contribution in [2.24, 2.45) is 0 Å². The average molecular weight is 388 g/mol. The normalized spacial score (nSPS) is 11.1. The van der Waals surface area contributed by atoms with Crippen LogP contribution in [-0.2, 0) is 11.2 Å². The van der Waals surface area contributed by atoms with Crippen LogP contribution < -0.4 is 5.32 Å². The molecule has 0 radical (unpaired) electrons. The quantitative estimate of drug-likeness (QED) is 0.421. The fourth-order valence-corrected chi connectivity index (χ4v) is 3.59. The number of hydrogen-bond donors (Lipinski definition) is 2. The van der Waals surface area contributed by atoms with Crippen molar-refractivity contribution in [3.63, 3.8) is 0 Å². The number of ketones is 1. The van der Waals surface area contributed by atoms with E-state index < -0.39 is 5.82 Å². The Morgan fingerprint density at radius 1 is 0.966 bits per heavy atom. The Balaban J connectivity index is 1.46. The van der Waals surface area contributed by atoms with Gasteiger partial charge in [-0.15, -0.1) is 0 Å². The molecule has 0 aliphatic carbocycles. The summed E-state index contributed by atoms with van der Waals surface area (Å²) < 4.78 is 12.9. The fourth-order valence-electron chi connectivity index (χ4n) is 3.59. The standard InChI is InChI=1S/C24H21FN2O2/c1-2-15-4-3-5-20-19-11-10-18(14-21(19)27-24(15)20)26-23(29)13-12-22(28)16-6-8-17(25)9-7-16/h3-11,14,27H,2,12-13H2,1H3,(H,26,29). The van der Waals surface area contributed by atoms with Crippen molar-refractivity contribution in [1.29, 1.82) is 0 Å². The molecule has 0 saturated heterocycles. The molecule has 2 N–H and O–H groups in total. The molecule has 0 bridgehead atoms. The molecule has 4 nitrogen and oxygen atoms in total. The molecular weight excluding hydrogens is 367 g/mol. The van der Waals surface area contributed by atoms with Crippen LogP contribution in [0.5, 0.6) is 0 Å². The second-order valence-corrected chi connectivity index (χ2v) is 7.06. The second kappa shape index (κ2) is 7.87. The molecule has 4 rings (SSSR count). The first-order valence-corrected chi connectivity index (χ1v) is 9.67. The first-order chi connectivity index (χ1) is 14.0. The van der Waals surface area contributed by atoms with Crippen LogP contribution in [-0.4, -0.2) is 16.7 Å².